The Morgan fingerprint density at radius 1 is 0.949 bits per heavy atom. The van der Waals surface area contributed by atoms with Crippen molar-refractivity contribution in [2.75, 3.05) is 0 Å². The lowest BCUT2D eigenvalue weighted by molar-refractivity contribution is -0.0538. The van der Waals surface area contributed by atoms with Crippen LogP contribution in [0.4, 0.5) is 4.79 Å². The van der Waals surface area contributed by atoms with Crippen molar-refractivity contribution < 1.29 is 14.3 Å². The molecule has 1 aromatic rings. The van der Waals surface area contributed by atoms with Gasteiger partial charge in [0.1, 0.15) is 11.9 Å². The zero-order chi connectivity index (χ0) is 27.6. The van der Waals surface area contributed by atoms with Crippen LogP contribution in [0.5, 0.6) is 5.75 Å². The standard InChI is InChI=1S/C34H48Br2O3/c1-4-5-6-7-8-9-10-23-12-15-28-27-14-11-24-21-26(17-19-34(24,3)29(27)18-20-33(23,28)2)39-32(37)38-25-13-16-30(35)31(36)22-25/h11,13,16,22-23,26-29H,4-10,12,14-15,17-21H2,1-3H3/t23-,26+,27-,28-,29+,33-,34+/m1/s1. The van der Waals surface area contributed by atoms with Gasteiger partial charge in [0, 0.05) is 15.4 Å². The summed E-state index contributed by atoms with van der Waals surface area (Å²) in [5, 5.41) is 0. The maximum Gasteiger partial charge on any atom is 0.514 e. The van der Waals surface area contributed by atoms with Gasteiger partial charge < -0.3 is 9.47 Å². The van der Waals surface area contributed by atoms with Crippen LogP contribution in [0.1, 0.15) is 117 Å². The molecule has 5 heteroatoms. The average Bonchev–Trinajstić information content (AvgIpc) is 3.24. The number of carbonyl (C=O) groups is 1. The van der Waals surface area contributed by atoms with Crippen molar-refractivity contribution in [1.82, 2.24) is 0 Å². The van der Waals surface area contributed by atoms with Gasteiger partial charge in [-0.3, -0.25) is 0 Å². The summed E-state index contributed by atoms with van der Waals surface area (Å²) in [7, 11) is 0. The van der Waals surface area contributed by atoms with Gasteiger partial charge in [-0.15, -0.1) is 0 Å². The highest BCUT2D eigenvalue weighted by Crippen LogP contribution is 2.66. The minimum Gasteiger partial charge on any atom is -0.430 e. The van der Waals surface area contributed by atoms with Gasteiger partial charge in [0.15, 0.2) is 0 Å². The molecule has 39 heavy (non-hydrogen) atoms. The fraction of sp³-hybridized carbons (Fsp3) is 0.735. The minimum atomic E-state index is -0.595. The highest BCUT2D eigenvalue weighted by molar-refractivity contribution is 9.13. The molecule has 3 saturated carbocycles. The van der Waals surface area contributed by atoms with E-state index in [-0.39, 0.29) is 11.5 Å². The van der Waals surface area contributed by atoms with Gasteiger partial charge >= 0.3 is 6.16 Å². The predicted molar refractivity (Wildman–Crippen MR) is 166 cm³/mol. The van der Waals surface area contributed by atoms with Crippen LogP contribution in [0.2, 0.25) is 0 Å². The van der Waals surface area contributed by atoms with Crippen LogP contribution in [0.25, 0.3) is 0 Å². The lowest BCUT2D eigenvalue weighted by atomic mass is 9.47. The number of carbonyl (C=O) groups excluding carboxylic acids is 1. The number of halogens is 2. The monoisotopic (exact) mass is 662 g/mol. The maximum atomic E-state index is 12.6. The molecule has 0 spiro atoms. The first-order valence-corrected chi connectivity index (χ1v) is 17.4. The smallest absolute Gasteiger partial charge is 0.430 e. The fourth-order valence-corrected chi connectivity index (χ4v) is 9.88. The summed E-state index contributed by atoms with van der Waals surface area (Å²) in [6.45, 7) is 7.51. The van der Waals surface area contributed by atoms with Crippen molar-refractivity contribution in [2.45, 2.75) is 123 Å². The van der Waals surface area contributed by atoms with Crippen molar-refractivity contribution in [3.05, 3.63) is 38.8 Å². The predicted octanol–water partition coefficient (Wildman–Crippen LogP) is 11.4. The Bertz CT molecular complexity index is 1050. The number of hydrogen-bond acceptors (Lipinski definition) is 3. The molecule has 0 amide bonds. The van der Waals surface area contributed by atoms with Gasteiger partial charge in [-0.1, -0.05) is 70.9 Å². The molecule has 4 aliphatic rings. The molecule has 3 nitrogen and oxygen atoms in total. The van der Waals surface area contributed by atoms with E-state index in [0.29, 0.717) is 11.2 Å². The Hall–Kier alpha value is -0.810. The highest BCUT2D eigenvalue weighted by Gasteiger charge is 2.58. The topological polar surface area (TPSA) is 35.5 Å². The molecule has 0 unspecified atom stereocenters. The molecule has 5 rings (SSSR count). The Kier molecular flexibility index (Phi) is 9.58. The molecular weight excluding hydrogens is 616 g/mol. The van der Waals surface area contributed by atoms with E-state index < -0.39 is 6.16 Å². The van der Waals surface area contributed by atoms with Gasteiger partial charge in [0.25, 0.3) is 0 Å². The van der Waals surface area contributed by atoms with E-state index in [1.54, 1.807) is 17.7 Å². The van der Waals surface area contributed by atoms with E-state index in [4.69, 9.17) is 9.47 Å². The number of rotatable bonds is 9. The third-order valence-corrected chi connectivity index (χ3v) is 13.4. The fourth-order valence-electron chi connectivity index (χ4n) is 9.28. The molecule has 1 aromatic carbocycles. The Morgan fingerprint density at radius 3 is 2.54 bits per heavy atom. The normalized spacial score (nSPS) is 35.4. The first-order chi connectivity index (χ1) is 18.7. The molecule has 0 heterocycles. The molecule has 0 radical (unpaired) electrons. The molecule has 4 aliphatic carbocycles. The van der Waals surface area contributed by atoms with Gasteiger partial charge in [-0.25, -0.2) is 4.79 Å². The third-order valence-electron chi connectivity index (χ3n) is 11.5. The molecular formula is C34H48Br2O3. The number of allylic oxidation sites excluding steroid dienone is 1. The van der Waals surface area contributed by atoms with Gasteiger partial charge in [-0.2, -0.15) is 0 Å². The molecule has 0 aliphatic heterocycles. The molecule has 0 saturated heterocycles. The van der Waals surface area contributed by atoms with Crippen molar-refractivity contribution in [1.29, 1.82) is 0 Å². The van der Waals surface area contributed by atoms with E-state index >= 15 is 0 Å². The lowest BCUT2D eigenvalue weighted by Crippen LogP contribution is -2.50. The van der Waals surface area contributed by atoms with Crippen LogP contribution in [-0.4, -0.2) is 12.3 Å². The van der Waals surface area contributed by atoms with Crippen molar-refractivity contribution in [3.63, 3.8) is 0 Å². The van der Waals surface area contributed by atoms with Crippen LogP contribution in [-0.2, 0) is 4.74 Å². The number of unbranched alkanes of at least 4 members (excludes halogenated alkanes) is 5. The molecule has 0 bridgehead atoms. The third kappa shape index (κ3) is 6.20. The van der Waals surface area contributed by atoms with E-state index in [9.17, 15) is 4.79 Å². The summed E-state index contributed by atoms with van der Waals surface area (Å²) in [4.78, 5) is 12.6. The van der Waals surface area contributed by atoms with E-state index in [2.05, 4.69) is 58.7 Å². The second-order valence-electron chi connectivity index (χ2n) is 13.5. The summed E-state index contributed by atoms with van der Waals surface area (Å²) in [5.74, 6) is 3.95. The van der Waals surface area contributed by atoms with Gasteiger partial charge in [0.05, 0.1) is 0 Å². The Balaban J connectivity index is 1.17. The molecule has 0 N–H and O–H groups in total. The quantitative estimate of drug-likeness (QED) is 0.114. The van der Waals surface area contributed by atoms with E-state index in [1.165, 1.54) is 77.0 Å². The Labute approximate surface area is 253 Å². The van der Waals surface area contributed by atoms with Crippen molar-refractivity contribution in [3.8, 4) is 5.75 Å². The van der Waals surface area contributed by atoms with Crippen LogP contribution >= 0.6 is 31.9 Å². The largest absolute Gasteiger partial charge is 0.514 e. The molecule has 7 atom stereocenters. The number of benzene rings is 1. The lowest BCUT2D eigenvalue weighted by Gasteiger charge is -2.58. The summed E-state index contributed by atoms with van der Waals surface area (Å²) in [6, 6.07) is 5.42. The Morgan fingerprint density at radius 2 is 1.74 bits per heavy atom. The summed E-state index contributed by atoms with van der Waals surface area (Å²) >= 11 is 6.92. The van der Waals surface area contributed by atoms with Crippen LogP contribution in [0.3, 0.4) is 0 Å². The second kappa shape index (κ2) is 12.6. The SMILES string of the molecule is CCCCCCCC[C@@H]1CC[C@@H]2[C@H]3CC=C4C[C@@H](OC(=O)Oc5ccc(Br)c(Br)c5)CC[C@]4(C)[C@H]3CC[C@]12C. The summed E-state index contributed by atoms with van der Waals surface area (Å²) in [6.07, 6.45) is 21.7. The van der Waals surface area contributed by atoms with Crippen molar-refractivity contribution >= 4 is 38.0 Å². The average molecular weight is 665 g/mol. The molecule has 0 aromatic heterocycles. The van der Waals surface area contributed by atoms with Gasteiger partial charge in [0.2, 0.25) is 0 Å². The van der Waals surface area contributed by atoms with E-state index in [1.807, 2.05) is 6.07 Å². The first-order valence-electron chi connectivity index (χ1n) is 15.8. The second-order valence-corrected chi connectivity index (χ2v) is 15.3. The van der Waals surface area contributed by atoms with Crippen molar-refractivity contribution in [2.24, 2.45) is 34.5 Å². The van der Waals surface area contributed by atoms with Crippen LogP contribution in [0.15, 0.2) is 38.8 Å². The number of fused-ring (bicyclic) bond motifs is 5. The molecule has 3 fully saturated rings. The summed E-state index contributed by atoms with van der Waals surface area (Å²) in [5.41, 5.74) is 2.37. The summed E-state index contributed by atoms with van der Waals surface area (Å²) < 4.78 is 13.1. The number of ether oxygens (including phenoxy) is 2. The zero-order valence-electron chi connectivity index (χ0n) is 24.3. The molecule has 216 valence electrons. The minimum absolute atomic E-state index is 0.0886. The zero-order valence-corrected chi connectivity index (χ0v) is 27.5. The van der Waals surface area contributed by atoms with Gasteiger partial charge in [-0.05, 0) is 136 Å². The van der Waals surface area contributed by atoms with Crippen LogP contribution < -0.4 is 4.74 Å². The maximum absolute atomic E-state index is 12.6. The number of hydrogen-bond donors (Lipinski definition) is 0. The van der Waals surface area contributed by atoms with Crippen LogP contribution in [0, 0.1) is 34.5 Å². The van der Waals surface area contributed by atoms with E-state index in [0.717, 1.165) is 51.9 Å². The highest BCUT2D eigenvalue weighted by atomic mass is 79.9. The first kappa shape index (κ1) is 29.7.